The molecule has 1 aliphatic rings. The molecule has 1 fully saturated rings. The number of allylic oxidation sites excluding steroid dienone is 2. The topological polar surface area (TPSA) is 72.9 Å². The second kappa shape index (κ2) is 14.1. The highest BCUT2D eigenvalue weighted by Gasteiger charge is 2.25. The van der Waals surface area contributed by atoms with E-state index in [4.69, 9.17) is 9.47 Å². The highest BCUT2D eigenvalue weighted by atomic mass is 79.9. The molecule has 29 heavy (non-hydrogen) atoms. The van der Waals surface area contributed by atoms with Crippen LogP contribution in [-0.4, -0.2) is 41.8 Å². The number of rotatable bonds is 13. The van der Waals surface area contributed by atoms with Crippen molar-refractivity contribution < 1.29 is 23.9 Å². The van der Waals surface area contributed by atoms with Gasteiger partial charge in [0.1, 0.15) is 0 Å². The van der Waals surface area contributed by atoms with E-state index in [2.05, 4.69) is 22.5 Å². The van der Waals surface area contributed by atoms with Gasteiger partial charge in [0.15, 0.2) is 10.4 Å². The summed E-state index contributed by atoms with van der Waals surface area (Å²) in [6.45, 7) is 8.29. The zero-order chi connectivity index (χ0) is 21.6. The number of carbonyl (C=O) groups is 3. The average molecular weight is 470 g/mol. The van der Waals surface area contributed by atoms with E-state index in [1.54, 1.807) is 26.0 Å². The molecule has 0 aromatic rings. The molecule has 0 N–H and O–H groups in total. The summed E-state index contributed by atoms with van der Waals surface area (Å²) < 4.78 is 10.6. The molecule has 0 radical (unpaired) electrons. The molecule has 0 spiro atoms. The van der Waals surface area contributed by atoms with Crippen LogP contribution in [0.1, 0.15) is 65.2 Å². The van der Waals surface area contributed by atoms with Crippen LogP contribution < -0.4 is 0 Å². The molecule has 1 atom stereocenters. The molecule has 0 aromatic carbocycles. The van der Waals surface area contributed by atoms with Crippen molar-refractivity contribution >= 4 is 33.6 Å². The lowest BCUT2D eigenvalue weighted by Crippen LogP contribution is -2.43. The van der Waals surface area contributed by atoms with Gasteiger partial charge in [-0.1, -0.05) is 25.5 Å². The van der Waals surface area contributed by atoms with Crippen LogP contribution in [0.25, 0.3) is 0 Å². The number of halogens is 1. The SMILES string of the molecule is C=C(O/C(Br)=C\C)C(=O)/C=C/C1CCCC(=O)N1CCCCCCC(=O)OCC. The highest BCUT2D eigenvalue weighted by Crippen LogP contribution is 2.21. The van der Waals surface area contributed by atoms with E-state index < -0.39 is 0 Å². The standard InChI is InChI=1S/C22H32BrNO5/c1-4-20(23)29-17(3)19(25)15-14-18-11-10-12-21(26)24(18)16-9-7-6-8-13-22(27)28-5-2/h4,14-15,18H,3,5-13,16H2,1-2H3/b15-14+,20-4-. The number of likely N-dealkylation sites (tertiary alicyclic amines) is 1. The summed E-state index contributed by atoms with van der Waals surface area (Å²) in [4.78, 5) is 37.7. The van der Waals surface area contributed by atoms with Crippen molar-refractivity contribution in [2.24, 2.45) is 0 Å². The number of unbranched alkanes of at least 4 members (excludes halogenated alkanes) is 3. The Balaban J connectivity index is 2.46. The maximum atomic E-state index is 12.3. The molecule has 1 rings (SSSR count). The van der Waals surface area contributed by atoms with Crippen molar-refractivity contribution in [3.05, 3.63) is 35.2 Å². The molecule has 1 saturated heterocycles. The lowest BCUT2D eigenvalue weighted by Gasteiger charge is -2.34. The van der Waals surface area contributed by atoms with Gasteiger partial charge in [0.25, 0.3) is 0 Å². The van der Waals surface area contributed by atoms with E-state index in [9.17, 15) is 14.4 Å². The van der Waals surface area contributed by atoms with Crippen molar-refractivity contribution in [2.75, 3.05) is 13.2 Å². The first-order chi connectivity index (χ1) is 13.9. The predicted octanol–water partition coefficient (Wildman–Crippen LogP) is 4.79. The molecule has 0 aromatic heterocycles. The van der Waals surface area contributed by atoms with Gasteiger partial charge in [-0.2, -0.15) is 0 Å². The Morgan fingerprint density at radius 2 is 2.00 bits per heavy atom. The number of carbonyl (C=O) groups excluding carboxylic acids is 3. The Morgan fingerprint density at radius 3 is 2.69 bits per heavy atom. The first kappa shape index (κ1) is 25.1. The Morgan fingerprint density at radius 1 is 1.28 bits per heavy atom. The zero-order valence-corrected chi connectivity index (χ0v) is 19.0. The first-order valence-corrected chi connectivity index (χ1v) is 11.0. The van der Waals surface area contributed by atoms with Crippen molar-refractivity contribution in [1.29, 1.82) is 0 Å². The number of ketones is 1. The fraction of sp³-hybridized carbons (Fsp3) is 0.591. The lowest BCUT2D eigenvalue weighted by atomic mass is 9.99. The van der Waals surface area contributed by atoms with E-state index in [1.807, 2.05) is 4.90 Å². The van der Waals surface area contributed by atoms with Crippen LogP contribution in [0.15, 0.2) is 35.2 Å². The molecule has 0 aliphatic carbocycles. The zero-order valence-electron chi connectivity index (χ0n) is 17.5. The quantitative estimate of drug-likeness (QED) is 0.168. The fourth-order valence-corrected chi connectivity index (χ4v) is 3.29. The van der Waals surface area contributed by atoms with Gasteiger partial charge in [-0.25, -0.2) is 0 Å². The van der Waals surface area contributed by atoms with Crippen LogP contribution in [0.5, 0.6) is 0 Å². The van der Waals surface area contributed by atoms with Crippen LogP contribution >= 0.6 is 15.9 Å². The average Bonchev–Trinajstić information content (AvgIpc) is 2.69. The Labute approximate surface area is 182 Å². The number of hydrogen-bond donors (Lipinski definition) is 0. The Hall–Kier alpha value is -1.89. The van der Waals surface area contributed by atoms with Crippen LogP contribution in [0.4, 0.5) is 0 Å². The smallest absolute Gasteiger partial charge is 0.305 e. The Kier molecular flexibility index (Phi) is 12.3. The molecule has 1 heterocycles. The monoisotopic (exact) mass is 469 g/mol. The van der Waals surface area contributed by atoms with Gasteiger partial charge in [0, 0.05) is 19.4 Å². The van der Waals surface area contributed by atoms with Gasteiger partial charge in [0.2, 0.25) is 11.7 Å². The first-order valence-electron chi connectivity index (χ1n) is 10.2. The van der Waals surface area contributed by atoms with Gasteiger partial charge in [-0.05, 0) is 67.6 Å². The summed E-state index contributed by atoms with van der Waals surface area (Å²) in [6, 6.07) is -0.0855. The van der Waals surface area contributed by atoms with Gasteiger partial charge < -0.3 is 14.4 Å². The highest BCUT2D eigenvalue weighted by molar-refractivity contribution is 9.11. The summed E-state index contributed by atoms with van der Waals surface area (Å²) >= 11 is 3.18. The third kappa shape index (κ3) is 9.92. The molecule has 1 amide bonds. The summed E-state index contributed by atoms with van der Waals surface area (Å²) in [7, 11) is 0. The van der Waals surface area contributed by atoms with E-state index in [0.717, 1.165) is 38.5 Å². The fourth-order valence-electron chi connectivity index (χ4n) is 3.09. The van der Waals surface area contributed by atoms with E-state index >= 15 is 0 Å². The largest absolute Gasteiger partial charge is 0.466 e. The van der Waals surface area contributed by atoms with Gasteiger partial charge in [0.05, 0.1) is 12.6 Å². The molecule has 1 unspecified atom stereocenters. The second-order valence-electron chi connectivity index (χ2n) is 6.86. The summed E-state index contributed by atoms with van der Waals surface area (Å²) in [5.41, 5.74) is 0. The van der Waals surface area contributed by atoms with Crippen molar-refractivity contribution in [1.82, 2.24) is 4.90 Å². The molecule has 162 valence electrons. The molecular formula is C22H32BrNO5. The number of piperidine rings is 1. The van der Waals surface area contributed by atoms with E-state index in [0.29, 0.717) is 30.7 Å². The van der Waals surface area contributed by atoms with Crippen LogP contribution in [-0.2, 0) is 23.9 Å². The molecule has 0 saturated carbocycles. The number of ether oxygens (including phenoxy) is 2. The van der Waals surface area contributed by atoms with Gasteiger partial charge in [-0.15, -0.1) is 0 Å². The maximum absolute atomic E-state index is 12.3. The maximum Gasteiger partial charge on any atom is 0.305 e. The van der Waals surface area contributed by atoms with E-state index in [-0.39, 0.29) is 29.5 Å². The molecule has 0 bridgehead atoms. The number of hydrogen-bond acceptors (Lipinski definition) is 5. The second-order valence-corrected chi connectivity index (χ2v) is 7.64. The van der Waals surface area contributed by atoms with Gasteiger partial charge in [-0.3, -0.25) is 14.4 Å². The van der Waals surface area contributed by atoms with E-state index in [1.165, 1.54) is 6.08 Å². The molecule has 1 aliphatic heterocycles. The minimum atomic E-state index is -0.319. The predicted molar refractivity (Wildman–Crippen MR) is 116 cm³/mol. The third-order valence-corrected chi connectivity index (χ3v) is 5.26. The lowest BCUT2D eigenvalue weighted by molar-refractivity contribution is -0.143. The van der Waals surface area contributed by atoms with Crippen molar-refractivity contribution in [3.8, 4) is 0 Å². The summed E-state index contributed by atoms with van der Waals surface area (Å²) in [5, 5.41) is 0. The number of amides is 1. The molecular weight excluding hydrogens is 438 g/mol. The third-order valence-electron chi connectivity index (χ3n) is 4.64. The van der Waals surface area contributed by atoms with Crippen LogP contribution in [0.3, 0.4) is 0 Å². The number of nitrogens with zero attached hydrogens (tertiary/aromatic N) is 1. The van der Waals surface area contributed by atoms with Gasteiger partial charge >= 0.3 is 5.97 Å². The van der Waals surface area contributed by atoms with Crippen molar-refractivity contribution in [3.63, 3.8) is 0 Å². The molecule has 6 nitrogen and oxygen atoms in total. The van der Waals surface area contributed by atoms with Crippen LogP contribution in [0, 0.1) is 0 Å². The minimum absolute atomic E-state index is 0.0292. The molecule has 7 heteroatoms. The number of esters is 1. The van der Waals surface area contributed by atoms with Crippen molar-refractivity contribution in [2.45, 2.75) is 71.3 Å². The normalized spacial score (nSPS) is 17.5. The van der Waals surface area contributed by atoms with Crippen LogP contribution in [0.2, 0.25) is 0 Å². The summed E-state index contributed by atoms with van der Waals surface area (Å²) in [5.74, 6) is -0.320. The minimum Gasteiger partial charge on any atom is -0.466 e. The summed E-state index contributed by atoms with van der Waals surface area (Å²) in [6.07, 6.45) is 11.1. The Bertz CT molecular complexity index is 641.